The molecular weight excluding hydrogens is 367 g/mol. The van der Waals surface area contributed by atoms with Gasteiger partial charge in [0.15, 0.2) is 0 Å². The number of hydrogen-bond acceptors (Lipinski definition) is 2. The van der Waals surface area contributed by atoms with E-state index >= 15 is 0 Å². The van der Waals surface area contributed by atoms with Crippen LogP contribution in [0.4, 0.5) is 0 Å². The zero-order chi connectivity index (χ0) is 18.6. The topological polar surface area (TPSA) is 55.1 Å². The Hall–Kier alpha value is -0.770. The van der Waals surface area contributed by atoms with Crippen molar-refractivity contribution >= 4 is 29.9 Å². The van der Waals surface area contributed by atoms with Gasteiger partial charge in [-0.2, -0.15) is 0 Å². The molecule has 1 aliphatic carbocycles. The Bertz CT molecular complexity index is 570. The van der Waals surface area contributed by atoms with Crippen LogP contribution in [0.1, 0.15) is 65.4 Å². The molecule has 148 valence electrons. The molecule has 1 amide bonds. The van der Waals surface area contributed by atoms with Gasteiger partial charge in [-0.05, 0) is 48.8 Å². The fourth-order valence-corrected chi connectivity index (χ4v) is 3.98. The number of hydrogen-bond donors (Lipinski definition) is 2. The molecule has 5 heteroatoms. The van der Waals surface area contributed by atoms with Crippen LogP contribution in [0.25, 0.3) is 0 Å². The third-order valence-electron chi connectivity index (χ3n) is 5.92. The average Bonchev–Trinajstić information content (AvgIpc) is 2.53. The van der Waals surface area contributed by atoms with Crippen LogP contribution in [0.5, 0.6) is 0 Å². The Balaban J connectivity index is 0.00000338. The second-order valence-corrected chi connectivity index (χ2v) is 8.56. The van der Waals surface area contributed by atoms with Crippen LogP contribution in [0.3, 0.4) is 0 Å². The third-order valence-corrected chi connectivity index (χ3v) is 6.17. The summed E-state index contributed by atoms with van der Waals surface area (Å²) < 4.78 is 0. The fraction of sp³-hybridized carbons (Fsp3) is 0.667. The van der Waals surface area contributed by atoms with Crippen LogP contribution >= 0.6 is 24.0 Å². The Morgan fingerprint density at radius 1 is 1.23 bits per heavy atom. The number of benzene rings is 1. The summed E-state index contributed by atoms with van der Waals surface area (Å²) in [6, 6.07) is 7.82. The fourth-order valence-electron chi connectivity index (χ4n) is 3.85. The van der Waals surface area contributed by atoms with Gasteiger partial charge >= 0.3 is 0 Å². The second kappa shape index (κ2) is 9.96. The summed E-state index contributed by atoms with van der Waals surface area (Å²) in [7, 11) is 0. The molecule has 0 aromatic heterocycles. The first-order chi connectivity index (χ1) is 11.8. The molecule has 1 aromatic rings. The first-order valence-corrected chi connectivity index (χ1v) is 10.00. The molecule has 26 heavy (non-hydrogen) atoms. The summed E-state index contributed by atoms with van der Waals surface area (Å²) >= 11 is 6.08. The minimum Gasteiger partial charge on any atom is -0.351 e. The minimum absolute atomic E-state index is 0. The molecule has 0 spiro atoms. The van der Waals surface area contributed by atoms with Crippen LogP contribution in [-0.2, 0) is 10.2 Å². The van der Waals surface area contributed by atoms with E-state index in [-0.39, 0.29) is 35.7 Å². The maximum atomic E-state index is 12.8. The van der Waals surface area contributed by atoms with E-state index in [1.807, 2.05) is 19.1 Å². The predicted octanol–water partition coefficient (Wildman–Crippen LogP) is 5.09. The van der Waals surface area contributed by atoms with Gasteiger partial charge in [0.25, 0.3) is 0 Å². The minimum atomic E-state index is -0.443. The van der Waals surface area contributed by atoms with E-state index in [4.69, 9.17) is 17.3 Å². The molecule has 0 radical (unpaired) electrons. The summed E-state index contributed by atoms with van der Waals surface area (Å²) in [4.78, 5) is 12.8. The molecule has 1 fully saturated rings. The van der Waals surface area contributed by atoms with Gasteiger partial charge in [0.1, 0.15) is 0 Å². The normalized spacial score (nSPS) is 19.0. The number of nitrogens with one attached hydrogen (secondary N) is 1. The molecule has 3 atom stereocenters. The molecule has 0 heterocycles. The maximum absolute atomic E-state index is 12.8. The zero-order valence-corrected chi connectivity index (χ0v) is 18.0. The lowest BCUT2D eigenvalue weighted by molar-refractivity contribution is -0.125. The SMILES string of the molecule is CCC(C)C(N)C(=O)NC(CC(C)C)C1(c2ccc(Cl)cc2)CCC1.Cl. The van der Waals surface area contributed by atoms with Crippen LogP contribution in [0.15, 0.2) is 24.3 Å². The number of carbonyl (C=O) groups is 1. The molecule has 1 aromatic carbocycles. The van der Waals surface area contributed by atoms with Crippen LogP contribution in [-0.4, -0.2) is 18.0 Å². The van der Waals surface area contributed by atoms with Gasteiger partial charge in [0.2, 0.25) is 5.91 Å². The summed E-state index contributed by atoms with van der Waals surface area (Å²) in [6.45, 7) is 8.54. The quantitative estimate of drug-likeness (QED) is 0.638. The largest absolute Gasteiger partial charge is 0.351 e. The Kier molecular flexibility index (Phi) is 8.92. The summed E-state index contributed by atoms with van der Waals surface area (Å²) in [5, 5.41) is 4.07. The van der Waals surface area contributed by atoms with Gasteiger partial charge in [0, 0.05) is 16.5 Å². The highest BCUT2D eigenvalue weighted by Gasteiger charge is 2.46. The first-order valence-electron chi connectivity index (χ1n) is 9.62. The van der Waals surface area contributed by atoms with Crippen molar-refractivity contribution in [1.82, 2.24) is 5.32 Å². The Morgan fingerprint density at radius 3 is 2.23 bits per heavy atom. The van der Waals surface area contributed by atoms with Gasteiger partial charge in [-0.25, -0.2) is 0 Å². The number of amides is 1. The Morgan fingerprint density at radius 2 is 1.81 bits per heavy atom. The number of carbonyl (C=O) groups excluding carboxylic acids is 1. The lowest BCUT2D eigenvalue weighted by Gasteiger charge is -2.49. The van der Waals surface area contributed by atoms with Crippen molar-refractivity contribution < 1.29 is 4.79 Å². The summed E-state index contributed by atoms with van der Waals surface area (Å²) in [5.41, 5.74) is 7.48. The smallest absolute Gasteiger partial charge is 0.237 e. The highest BCUT2D eigenvalue weighted by molar-refractivity contribution is 6.30. The highest BCUT2D eigenvalue weighted by Crippen LogP contribution is 2.48. The van der Waals surface area contributed by atoms with E-state index in [2.05, 4.69) is 38.2 Å². The van der Waals surface area contributed by atoms with E-state index in [0.717, 1.165) is 30.7 Å². The molecule has 0 saturated heterocycles. The lowest BCUT2D eigenvalue weighted by atomic mass is 9.58. The lowest BCUT2D eigenvalue weighted by Crippen LogP contribution is -2.58. The van der Waals surface area contributed by atoms with E-state index in [1.54, 1.807) is 0 Å². The molecule has 0 bridgehead atoms. The molecule has 2 rings (SSSR count). The van der Waals surface area contributed by atoms with Gasteiger partial charge in [-0.1, -0.05) is 64.3 Å². The predicted molar refractivity (Wildman–Crippen MR) is 113 cm³/mol. The van der Waals surface area contributed by atoms with Crippen molar-refractivity contribution in [2.24, 2.45) is 17.6 Å². The summed E-state index contributed by atoms with van der Waals surface area (Å²) in [6.07, 6.45) is 5.27. The van der Waals surface area contributed by atoms with E-state index in [0.29, 0.717) is 5.92 Å². The molecular formula is C21H34Cl2N2O. The van der Waals surface area contributed by atoms with E-state index < -0.39 is 6.04 Å². The van der Waals surface area contributed by atoms with Crippen molar-refractivity contribution in [3.05, 3.63) is 34.9 Å². The van der Waals surface area contributed by atoms with Crippen molar-refractivity contribution in [2.45, 2.75) is 77.3 Å². The molecule has 3 nitrogen and oxygen atoms in total. The standard InChI is InChI=1S/C21H33ClN2O.ClH/c1-5-15(4)19(23)20(25)24-18(13-14(2)3)21(11-6-12-21)16-7-9-17(22)10-8-16;/h7-10,14-15,18-19H,5-6,11-13,23H2,1-4H3,(H,24,25);1H. The van der Waals surface area contributed by atoms with Gasteiger partial charge in [0.05, 0.1) is 6.04 Å². The monoisotopic (exact) mass is 400 g/mol. The molecule has 0 aliphatic heterocycles. The average molecular weight is 401 g/mol. The van der Waals surface area contributed by atoms with Crippen LogP contribution in [0, 0.1) is 11.8 Å². The molecule has 1 aliphatic rings. The second-order valence-electron chi connectivity index (χ2n) is 8.12. The van der Waals surface area contributed by atoms with Crippen LogP contribution in [0.2, 0.25) is 5.02 Å². The van der Waals surface area contributed by atoms with Gasteiger partial charge < -0.3 is 11.1 Å². The van der Waals surface area contributed by atoms with Gasteiger partial charge in [-0.3, -0.25) is 4.79 Å². The van der Waals surface area contributed by atoms with Gasteiger partial charge in [-0.15, -0.1) is 12.4 Å². The number of nitrogens with two attached hydrogens (primary N) is 1. The van der Waals surface area contributed by atoms with E-state index in [1.165, 1.54) is 12.0 Å². The third kappa shape index (κ3) is 5.15. The Labute approximate surface area is 169 Å². The zero-order valence-electron chi connectivity index (χ0n) is 16.4. The molecule has 3 unspecified atom stereocenters. The highest BCUT2D eigenvalue weighted by atomic mass is 35.5. The van der Waals surface area contributed by atoms with Crippen LogP contribution < -0.4 is 11.1 Å². The number of halogens is 2. The van der Waals surface area contributed by atoms with Crippen molar-refractivity contribution in [3.8, 4) is 0 Å². The first kappa shape index (κ1) is 23.3. The van der Waals surface area contributed by atoms with Crippen molar-refractivity contribution in [2.75, 3.05) is 0 Å². The van der Waals surface area contributed by atoms with Crippen molar-refractivity contribution in [3.63, 3.8) is 0 Å². The molecule has 3 N–H and O–H groups in total. The number of rotatable bonds is 8. The molecule has 1 saturated carbocycles. The summed E-state index contributed by atoms with van der Waals surface area (Å²) in [5.74, 6) is 0.683. The van der Waals surface area contributed by atoms with Crippen molar-refractivity contribution in [1.29, 1.82) is 0 Å². The van der Waals surface area contributed by atoms with E-state index in [9.17, 15) is 4.79 Å². The maximum Gasteiger partial charge on any atom is 0.237 e.